The molecule has 0 saturated carbocycles. The summed E-state index contributed by atoms with van der Waals surface area (Å²) in [5, 5.41) is 2.60. The van der Waals surface area contributed by atoms with Crippen molar-refractivity contribution in [3.8, 4) is 11.5 Å². The van der Waals surface area contributed by atoms with Gasteiger partial charge in [-0.05, 0) is 56.3 Å². The summed E-state index contributed by atoms with van der Waals surface area (Å²) in [5.41, 5.74) is 1.11. The van der Waals surface area contributed by atoms with Gasteiger partial charge in [-0.2, -0.15) is 0 Å². The van der Waals surface area contributed by atoms with Crippen molar-refractivity contribution in [2.24, 2.45) is 0 Å². The first-order valence-corrected chi connectivity index (χ1v) is 9.60. The fraction of sp³-hybridized carbons (Fsp3) is 0.318. The standard InChI is InChI=1S/C22H23NO7/c1-14(2)30-22(26)15-4-7-17(8-5-15)23-20(24)13-29-21(25)16-6-9-18-19(12-16)28-11-3-10-27-18/h4-9,12,14H,3,10-11,13H2,1-2H3,(H,23,24). The van der Waals surface area contributed by atoms with Crippen molar-refractivity contribution in [3.05, 3.63) is 53.6 Å². The van der Waals surface area contributed by atoms with Crippen LogP contribution in [0.15, 0.2) is 42.5 Å². The van der Waals surface area contributed by atoms with Crippen LogP contribution in [0, 0.1) is 0 Å². The SMILES string of the molecule is CC(C)OC(=O)c1ccc(NC(=O)COC(=O)c2ccc3c(c2)OCCCO3)cc1. The Balaban J connectivity index is 1.51. The van der Waals surface area contributed by atoms with Gasteiger partial charge in [0.05, 0.1) is 30.4 Å². The average Bonchev–Trinajstić information content (AvgIpc) is 2.97. The molecule has 0 fully saturated rings. The highest BCUT2D eigenvalue weighted by Gasteiger charge is 2.16. The van der Waals surface area contributed by atoms with Crippen LogP contribution in [0.1, 0.15) is 41.0 Å². The van der Waals surface area contributed by atoms with E-state index < -0.39 is 24.5 Å². The normalized spacial score (nSPS) is 12.6. The Labute approximate surface area is 174 Å². The van der Waals surface area contributed by atoms with Crippen LogP contribution in [-0.4, -0.2) is 43.8 Å². The van der Waals surface area contributed by atoms with Gasteiger partial charge in [-0.25, -0.2) is 9.59 Å². The van der Waals surface area contributed by atoms with Crippen LogP contribution < -0.4 is 14.8 Å². The molecule has 0 aromatic heterocycles. The first-order valence-electron chi connectivity index (χ1n) is 9.60. The van der Waals surface area contributed by atoms with Gasteiger partial charge in [0.2, 0.25) is 0 Å². The van der Waals surface area contributed by atoms with Crippen LogP contribution in [0.2, 0.25) is 0 Å². The minimum Gasteiger partial charge on any atom is -0.490 e. The summed E-state index contributed by atoms with van der Waals surface area (Å²) in [6, 6.07) is 11.0. The number of hydrogen-bond acceptors (Lipinski definition) is 7. The van der Waals surface area contributed by atoms with Gasteiger partial charge in [0, 0.05) is 12.1 Å². The summed E-state index contributed by atoms with van der Waals surface area (Å²) in [7, 11) is 0. The van der Waals surface area contributed by atoms with Gasteiger partial charge >= 0.3 is 11.9 Å². The van der Waals surface area contributed by atoms with Crippen LogP contribution in [0.5, 0.6) is 11.5 Å². The molecule has 1 amide bonds. The van der Waals surface area contributed by atoms with Crippen LogP contribution in [-0.2, 0) is 14.3 Å². The topological polar surface area (TPSA) is 100 Å². The van der Waals surface area contributed by atoms with Gasteiger partial charge in [-0.1, -0.05) is 0 Å². The summed E-state index contributed by atoms with van der Waals surface area (Å²) in [4.78, 5) is 36.1. The zero-order chi connectivity index (χ0) is 21.5. The number of benzene rings is 2. The van der Waals surface area contributed by atoms with Crippen molar-refractivity contribution in [1.82, 2.24) is 0 Å². The van der Waals surface area contributed by atoms with E-state index in [-0.39, 0.29) is 11.7 Å². The number of ether oxygens (including phenoxy) is 4. The molecule has 0 atom stereocenters. The van der Waals surface area contributed by atoms with Gasteiger partial charge < -0.3 is 24.3 Å². The highest BCUT2D eigenvalue weighted by Crippen LogP contribution is 2.30. The summed E-state index contributed by atoms with van der Waals surface area (Å²) >= 11 is 0. The average molecular weight is 413 g/mol. The predicted octanol–water partition coefficient (Wildman–Crippen LogP) is 3.21. The Hall–Kier alpha value is -3.55. The van der Waals surface area contributed by atoms with E-state index in [0.29, 0.717) is 36.0 Å². The number of anilines is 1. The molecule has 3 rings (SSSR count). The molecule has 1 heterocycles. The van der Waals surface area contributed by atoms with Crippen molar-refractivity contribution >= 4 is 23.5 Å². The van der Waals surface area contributed by atoms with E-state index >= 15 is 0 Å². The Kier molecular flexibility index (Phi) is 6.90. The molecule has 0 unspecified atom stereocenters. The summed E-state index contributed by atoms with van der Waals surface area (Å²) in [6.07, 6.45) is 0.541. The highest BCUT2D eigenvalue weighted by atomic mass is 16.5. The molecule has 2 aromatic carbocycles. The third-order valence-electron chi connectivity index (χ3n) is 4.06. The van der Waals surface area contributed by atoms with Crippen LogP contribution >= 0.6 is 0 Å². The molecule has 1 aliphatic rings. The number of amides is 1. The van der Waals surface area contributed by atoms with E-state index in [1.165, 1.54) is 6.07 Å². The molecule has 0 radical (unpaired) electrons. The van der Waals surface area contributed by atoms with E-state index in [1.54, 1.807) is 50.2 Å². The van der Waals surface area contributed by atoms with E-state index in [4.69, 9.17) is 18.9 Å². The minimum atomic E-state index is -0.646. The second-order valence-electron chi connectivity index (χ2n) is 6.87. The van der Waals surface area contributed by atoms with Gasteiger partial charge in [0.15, 0.2) is 18.1 Å². The molecule has 0 aliphatic carbocycles. The number of fused-ring (bicyclic) bond motifs is 1. The monoisotopic (exact) mass is 413 g/mol. The molecule has 1 aliphatic heterocycles. The van der Waals surface area contributed by atoms with Gasteiger partial charge in [-0.15, -0.1) is 0 Å². The number of rotatable bonds is 6. The molecule has 2 aromatic rings. The molecular formula is C22H23NO7. The molecule has 0 spiro atoms. The Morgan fingerprint density at radius 2 is 1.60 bits per heavy atom. The number of esters is 2. The van der Waals surface area contributed by atoms with E-state index in [0.717, 1.165) is 6.42 Å². The van der Waals surface area contributed by atoms with Crippen molar-refractivity contribution in [2.75, 3.05) is 25.1 Å². The van der Waals surface area contributed by atoms with Crippen LogP contribution in [0.4, 0.5) is 5.69 Å². The fourth-order valence-electron chi connectivity index (χ4n) is 2.67. The Bertz CT molecular complexity index is 922. The number of carbonyl (C=O) groups excluding carboxylic acids is 3. The van der Waals surface area contributed by atoms with Crippen molar-refractivity contribution < 1.29 is 33.3 Å². The van der Waals surface area contributed by atoms with Crippen molar-refractivity contribution in [1.29, 1.82) is 0 Å². The van der Waals surface area contributed by atoms with Crippen LogP contribution in [0.3, 0.4) is 0 Å². The first kappa shape index (κ1) is 21.2. The van der Waals surface area contributed by atoms with E-state index in [1.807, 2.05) is 0 Å². The number of hydrogen-bond donors (Lipinski definition) is 1. The lowest BCUT2D eigenvalue weighted by molar-refractivity contribution is -0.119. The minimum absolute atomic E-state index is 0.217. The maximum absolute atomic E-state index is 12.2. The zero-order valence-corrected chi connectivity index (χ0v) is 16.8. The Morgan fingerprint density at radius 3 is 2.30 bits per heavy atom. The van der Waals surface area contributed by atoms with Crippen LogP contribution in [0.25, 0.3) is 0 Å². The maximum Gasteiger partial charge on any atom is 0.338 e. The number of nitrogens with one attached hydrogen (secondary N) is 1. The van der Waals surface area contributed by atoms with E-state index in [9.17, 15) is 14.4 Å². The Morgan fingerprint density at radius 1 is 0.933 bits per heavy atom. The maximum atomic E-state index is 12.2. The third kappa shape index (κ3) is 5.73. The lowest BCUT2D eigenvalue weighted by Crippen LogP contribution is -2.21. The van der Waals surface area contributed by atoms with Gasteiger partial charge in [0.25, 0.3) is 5.91 Å². The molecule has 8 heteroatoms. The lowest BCUT2D eigenvalue weighted by atomic mass is 10.2. The third-order valence-corrected chi connectivity index (χ3v) is 4.06. The van der Waals surface area contributed by atoms with Gasteiger partial charge in [0.1, 0.15) is 0 Å². The molecular weight excluding hydrogens is 390 g/mol. The molecule has 0 bridgehead atoms. The highest BCUT2D eigenvalue weighted by molar-refractivity contribution is 5.96. The van der Waals surface area contributed by atoms with E-state index in [2.05, 4.69) is 5.32 Å². The fourth-order valence-corrected chi connectivity index (χ4v) is 2.67. The summed E-state index contributed by atoms with van der Waals surface area (Å²) in [6.45, 7) is 4.13. The summed E-state index contributed by atoms with van der Waals surface area (Å²) < 4.78 is 21.2. The lowest BCUT2D eigenvalue weighted by Gasteiger charge is -2.10. The zero-order valence-electron chi connectivity index (χ0n) is 16.8. The molecule has 1 N–H and O–H groups in total. The smallest absolute Gasteiger partial charge is 0.338 e. The van der Waals surface area contributed by atoms with Crippen molar-refractivity contribution in [2.45, 2.75) is 26.4 Å². The number of carbonyl (C=O) groups is 3. The molecule has 158 valence electrons. The van der Waals surface area contributed by atoms with Crippen molar-refractivity contribution in [3.63, 3.8) is 0 Å². The summed E-state index contributed by atoms with van der Waals surface area (Å²) in [5.74, 6) is -0.542. The quantitative estimate of drug-likeness (QED) is 0.726. The largest absolute Gasteiger partial charge is 0.490 e. The molecule has 8 nitrogen and oxygen atoms in total. The molecule has 30 heavy (non-hydrogen) atoms. The second kappa shape index (κ2) is 9.78. The first-order chi connectivity index (χ1) is 14.4. The second-order valence-corrected chi connectivity index (χ2v) is 6.87. The predicted molar refractivity (Wildman–Crippen MR) is 108 cm³/mol. The molecule has 0 saturated heterocycles. The van der Waals surface area contributed by atoms with Gasteiger partial charge in [-0.3, -0.25) is 4.79 Å².